The van der Waals surface area contributed by atoms with Gasteiger partial charge in [-0.15, -0.1) is 11.6 Å². The van der Waals surface area contributed by atoms with Gasteiger partial charge in [0.05, 0.1) is 5.41 Å². The number of hydrogen-bond acceptors (Lipinski definition) is 1. The summed E-state index contributed by atoms with van der Waals surface area (Å²) in [6.07, 6.45) is 3.89. The van der Waals surface area contributed by atoms with Crippen LogP contribution in [-0.2, 0) is 10.2 Å². The van der Waals surface area contributed by atoms with Crippen molar-refractivity contribution in [2.45, 2.75) is 44.9 Å². The Bertz CT molecular complexity index is 441. The summed E-state index contributed by atoms with van der Waals surface area (Å²) in [5, 5.41) is 3.15. The molecule has 0 unspecified atom stereocenters. The summed E-state index contributed by atoms with van der Waals surface area (Å²) in [5.74, 6) is 0.763. The molecule has 0 spiro atoms. The molecule has 3 heteroatoms. The van der Waals surface area contributed by atoms with Gasteiger partial charge in [-0.05, 0) is 31.2 Å². The summed E-state index contributed by atoms with van der Waals surface area (Å²) < 4.78 is 0. The predicted octanol–water partition coefficient (Wildman–Crippen LogP) is 3.88. The van der Waals surface area contributed by atoms with Gasteiger partial charge in [0.25, 0.3) is 0 Å². The molecule has 2 rings (SSSR count). The molecule has 1 aliphatic carbocycles. The fourth-order valence-corrected chi connectivity index (χ4v) is 3.17. The van der Waals surface area contributed by atoms with Gasteiger partial charge >= 0.3 is 0 Å². The monoisotopic (exact) mass is 293 g/mol. The summed E-state index contributed by atoms with van der Waals surface area (Å²) in [4.78, 5) is 12.6. The molecular formula is C17H24ClNO. The minimum atomic E-state index is -0.277. The lowest BCUT2D eigenvalue weighted by molar-refractivity contribution is -0.124. The maximum atomic E-state index is 12.6. The number of carbonyl (C=O) groups excluding carboxylic acids is 1. The number of carbonyl (C=O) groups is 1. The minimum absolute atomic E-state index is 0.0317. The van der Waals surface area contributed by atoms with Crippen LogP contribution < -0.4 is 5.32 Å². The van der Waals surface area contributed by atoms with E-state index in [2.05, 4.69) is 31.3 Å². The Balaban J connectivity index is 2.03. The number of amides is 1. The number of alkyl halides is 1. The first kappa shape index (κ1) is 15.4. The molecule has 0 bridgehead atoms. The predicted molar refractivity (Wildman–Crippen MR) is 84.1 cm³/mol. The molecule has 1 N–H and O–H groups in total. The molecule has 110 valence electrons. The third-order valence-corrected chi connectivity index (χ3v) is 5.49. The maximum Gasteiger partial charge on any atom is 0.230 e. The topological polar surface area (TPSA) is 29.1 Å². The molecule has 2 nitrogen and oxygen atoms in total. The molecule has 0 aliphatic heterocycles. The van der Waals surface area contributed by atoms with Crippen LogP contribution in [0.15, 0.2) is 30.3 Å². The summed E-state index contributed by atoms with van der Waals surface area (Å²) in [6.45, 7) is 4.96. The number of rotatable bonds is 7. The zero-order chi connectivity index (χ0) is 14.6. The van der Waals surface area contributed by atoms with E-state index in [9.17, 15) is 4.79 Å². The van der Waals surface area contributed by atoms with Gasteiger partial charge in [0, 0.05) is 17.8 Å². The Hall–Kier alpha value is -1.02. The molecule has 0 atom stereocenters. The summed E-state index contributed by atoms with van der Waals surface area (Å²) in [6, 6.07) is 10.1. The van der Waals surface area contributed by atoms with Gasteiger partial charge in [-0.25, -0.2) is 0 Å². The normalized spacial score (nSPS) is 16.8. The Morgan fingerprint density at radius 1 is 1.25 bits per heavy atom. The van der Waals surface area contributed by atoms with E-state index < -0.39 is 0 Å². The molecule has 0 aromatic heterocycles. The van der Waals surface area contributed by atoms with Crippen LogP contribution in [0.5, 0.6) is 0 Å². The zero-order valence-corrected chi connectivity index (χ0v) is 13.2. The summed E-state index contributed by atoms with van der Waals surface area (Å²) in [7, 11) is 0. The highest BCUT2D eigenvalue weighted by Crippen LogP contribution is 2.48. The lowest BCUT2D eigenvalue weighted by atomic mass is 9.84. The third-order valence-electron chi connectivity index (χ3n) is 4.92. The van der Waals surface area contributed by atoms with Gasteiger partial charge in [-0.2, -0.15) is 0 Å². The molecule has 1 saturated carbocycles. The van der Waals surface area contributed by atoms with Crippen molar-refractivity contribution in [3.05, 3.63) is 35.9 Å². The maximum absolute atomic E-state index is 12.6. The van der Waals surface area contributed by atoms with E-state index in [0.29, 0.717) is 12.4 Å². The van der Waals surface area contributed by atoms with Crippen molar-refractivity contribution in [3.63, 3.8) is 0 Å². The first-order valence-corrected chi connectivity index (χ1v) is 8.06. The van der Waals surface area contributed by atoms with Crippen molar-refractivity contribution in [2.24, 2.45) is 5.41 Å². The molecule has 1 amide bonds. The van der Waals surface area contributed by atoms with Crippen LogP contribution in [-0.4, -0.2) is 18.3 Å². The van der Waals surface area contributed by atoms with E-state index in [1.54, 1.807) is 0 Å². The Kier molecular flexibility index (Phi) is 4.74. The van der Waals surface area contributed by atoms with Crippen molar-refractivity contribution in [2.75, 3.05) is 12.4 Å². The molecule has 1 aromatic rings. The van der Waals surface area contributed by atoms with Gasteiger partial charge in [-0.1, -0.05) is 44.2 Å². The molecule has 1 aliphatic rings. The highest BCUT2D eigenvalue weighted by molar-refractivity contribution is 6.18. The van der Waals surface area contributed by atoms with Crippen LogP contribution in [0.3, 0.4) is 0 Å². The second-order valence-corrected chi connectivity index (χ2v) is 6.24. The van der Waals surface area contributed by atoms with E-state index in [1.807, 2.05) is 18.2 Å². The SMILES string of the molecule is CCC(CC)(CCl)CNC(=O)C1(c2ccccc2)CC1. The van der Waals surface area contributed by atoms with Crippen molar-refractivity contribution in [1.82, 2.24) is 5.32 Å². The lowest BCUT2D eigenvalue weighted by Crippen LogP contribution is -2.42. The van der Waals surface area contributed by atoms with Crippen LogP contribution >= 0.6 is 11.6 Å². The van der Waals surface area contributed by atoms with Crippen LogP contribution in [0.2, 0.25) is 0 Å². The van der Waals surface area contributed by atoms with Gasteiger partial charge < -0.3 is 5.32 Å². The molecule has 0 heterocycles. The second-order valence-electron chi connectivity index (χ2n) is 5.97. The number of benzene rings is 1. The number of nitrogens with one attached hydrogen (secondary N) is 1. The van der Waals surface area contributed by atoms with Crippen LogP contribution in [0.1, 0.15) is 45.1 Å². The zero-order valence-electron chi connectivity index (χ0n) is 12.4. The average molecular weight is 294 g/mol. The fraction of sp³-hybridized carbons (Fsp3) is 0.588. The lowest BCUT2D eigenvalue weighted by Gasteiger charge is -2.30. The van der Waals surface area contributed by atoms with Crippen LogP contribution in [0, 0.1) is 5.41 Å². The van der Waals surface area contributed by atoms with E-state index in [-0.39, 0.29) is 16.7 Å². The first-order chi connectivity index (χ1) is 9.62. The largest absolute Gasteiger partial charge is 0.355 e. The van der Waals surface area contributed by atoms with E-state index in [1.165, 1.54) is 0 Å². The third kappa shape index (κ3) is 2.85. The van der Waals surface area contributed by atoms with E-state index in [0.717, 1.165) is 31.2 Å². The molecular weight excluding hydrogens is 270 g/mol. The van der Waals surface area contributed by atoms with Crippen molar-refractivity contribution in [3.8, 4) is 0 Å². The molecule has 0 saturated heterocycles. The van der Waals surface area contributed by atoms with Crippen molar-refractivity contribution in [1.29, 1.82) is 0 Å². The second kappa shape index (κ2) is 6.17. The summed E-state index contributed by atoms with van der Waals surface area (Å²) >= 11 is 6.10. The van der Waals surface area contributed by atoms with E-state index >= 15 is 0 Å². The number of halogens is 1. The Morgan fingerprint density at radius 2 is 1.85 bits per heavy atom. The van der Waals surface area contributed by atoms with Crippen molar-refractivity contribution >= 4 is 17.5 Å². The Morgan fingerprint density at radius 3 is 2.30 bits per heavy atom. The average Bonchev–Trinajstić information content (AvgIpc) is 3.32. The smallest absolute Gasteiger partial charge is 0.230 e. The molecule has 20 heavy (non-hydrogen) atoms. The highest BCUT2D eigenvalue weighted by Gasteiger charge is 2.51. The van der Waals surface area contributed by atoms with E-state index in [4.69, 9.17) is 11.6 Å². The standard InChI is InChI=1S/C17H24ClNO/c1-3-16(4-2,12-18)13-19-15(20)17(10-11-17)14-8-6-5-7-9-14/h5-9H,3-4,10-13H2,1-2H3,(H,19,20). The van der Waals surface area contributed by atoms with Gasteiger partial charge in [0.2, 0.25) is 5.91 Å². The molecule has 1 fully saturated rings. The quantitative estimate of drug-likeness (QED) is 0.760. The minimum Gasteiger partial charge on any atom is -0.355 e. The van der Waals surface area contributed by atoms with Gasteiger partial charge in [-0.3, -0.25) is 4.79 Å². The molecule has 0 radical (unpaired) electrons. The van der Waals surface area contributed by atoms with Crippen LogP contribution in [0.25, 0.3) is 0 Å². The van der Waals surface area contributed by atoms with Crippen molar-refractivity contribution < 1.29 is 4.79 Å². The fourth-order valence-electron chi connectivity index (χ4n) is 2.70. The summed E-state index contributed by atoms with van der Waals surface area (Å²) in [5.41, 5.74) is 0.895. The highest BCUT2D eigenvalue weighted by atomic mass is 35.5. The van der Waals surface area contributed by atoms with Crippen LogP contribution in [0.4, 0.5) is 0 Å². The Labute approximate surface area is 126 Å². The van der Waals surface area contributed by atoms with Gasteiger partial charge in [0.1, 0.15) is 0 Å². The molecule has 1 aromatic carbocycles. The van der Waals surface area contributed by atoms with Gasteiger partial charge in [0.15, 0.2) is 0 Å². The number of hydrogen-bond donors (Lipinski definition) is 1. The first-order valence-electron chi connectivity index (χ1n) is 7.52.